The lowest BCUT2D eigenvalue weighted by Crippen LogP contribution is -2.17. The lowest BCUT2D eigenvalue weighted by atomic mass is 10.3. The Morgan fingerprint density at radius 2 is 2.58 bits per heavy atom. The number of aliphatic imine (C=N–C) groups is 1. The molecule has 1 heterocycles. The monoisotopic (exact) mass is 186 g/mol. The van der Waals surface area contributed by atoms with Crippen LogP contribution in [0, 0.1) is 0 Å². The third-order valence-corrected chi connectivity index (χ3v) is 2.59. The zero-order valence-electron chi connectivity index (χ0n) is 6.65. The number of allylic oxidation sites excluding steroid dienone is 1. The average molecular weight is 186 g/mol. The molecule has 1 aliphatic heterocycles. The molecule has 1 unspecified atom stereocenters. The van der Waals surface area contributed by atoms with E-state index in [4.69, 9.17) is 10.8 Å². The van der Waals surface area contributed by atoms with Gasteiger partial charge in [0, 0.05) is 5.75 Å². The van der Waals surface area contributed by atoms with Crippen molar-refractivity contribution in [3.63, 3.8) is 0 Å². The molecule has 1 atom stereocenters. The van der Waals surface area contributed by atoms with E-state index in [0.29, 0.717) is 16.5 Å². The minimum atomic E-state index is -0.888. The first-order valence-corrected chi connectivity index (χ1v) is 4.49. The molecule has 0 fully saturated rings. The van der Waals surface area contributed by atoms with E-state index >= 15 is 0 Å². The van der Waals surface area contributed by atoms with E-state index < -0.39 is 12.0 Å². The normalized spacial score (nSPS) is 23.9. The summed E-state index contributed by atoms with van der Waals surface area (Å²) in [6, 6.07) is -0.622. The molecular formula is C7H10N2O2S. The molecular weight excluding hydrogens is 176 g/mol. The Balaban J connectivity index is 2.72. The zero-order chi connectivity index (χ0) is 9.14. The van der Waals surface area contributed by atoms with Crippen molar-refractivity contribution in [1.29, 1.82) is 0 Å². The second-order valence-corrected chi connectivity index (χ2v) is 3.35. The van der Waals surface area contributed by atoms with Gasteiger partial charge in [-0.2, -0.15) is 0 Å². The summed E-state index contributed by atoms with van der Waals surface area (Å²) in [6.45, 7) is 1.80. The summed E-state index contributed by atoms with van der Waals surface area (Å²) in [5.74, 6) is -0.402. The summed E-state index contributed by atoms with van der Waals surface area (Å²) in [4.78, 5) is 14.4. The SMILES string of the molecule is C/C=C(/N)C1=NC(C(=O)O)CS1. The van der Waals surface area contributed by atoms with Gasteiger partial charge in [0.2, 0.25) is 0 Å². The van der Waals surface area contributed by atoms with E-state index in [1.54, 1.807) is 13.0 Å². The smallest absolute Gasteiger partial charge is 0.329 e. The minimum absolute atomic E-state index is 0.485. The van der Waals surface area contributed by atoms with E-state index in [1.165, 1.54) is 11.8 Å². The van der Waals surface area contributed by atoms with Crippen molar-refractivity contribution in [2.45, 2.75) is 13.0 Å². The van der Waals surface area contributed by atoms with Gasteiger partial charge in [0.15, 0.2) is 6.04 Å². The van der Waals surface area contributed by atoms with Gasteiger partial charge >= 0.3 is 5.97 Å². The quantitative estimate of drug-likeness (QED) is 0.656. The Bertz CT molecular complexity index is 260. The molecule has 0 radical (unpaired) electrons. The second-order valence-electron chi connectivity index (χ2n) is 2.34. The van der Waals surface area contributed by atoms with E-state index in [9.17, 15) is 4.79 Å². The highest BCUT2D eigenvalue weighted by molar-refractivity contribution is 8.14. The fraction of sp³-hybridized carbons (Fsp3) is 0.429. The van der Waals surface area contributed by atoms with Crippen LogP contribution >= 0.6 is 11.8 Å². The molecule has 0 aromatic rings. The van der Waals surface area contributed by atoms with Crippen LogP contribution in [0.5, 0.6) is 0 Å². The Hall–Kier alpha value is -0.970. The van der Waals surface area contributed by atoms with E-state index in [2.05, 4.69) is 4.99 Å². The van der Waals surface area contributed by atoms with Crippen LogP contribution in [0.15, 0.2) is 16.8 Å². The maximum atomic E-state index is 10.5. The number of hydrogen-bond acceptors (Lipinski definition) is 4. The number of hydrogen-bond donors (Lipinski definition) is 2. The van der Waals surface area contributed by atoms with Crippen LogP contribution in [-0.2, 0) is 4.79 Å². The van der Waals surface area contributed by atoms with Crippen LogP contribution in [-0.4, -0.2) is 27.9 Å². The summed E-state index contributed by atoms with van der Waals surface area (Å²) in [5.41, 5.74) is 6.12. The number of carboxylic acids is 1. The predicted octanol–water partition coefficient (Wildman–Crippen LogP) is 0.447. The molecule has 0 saturated carbocycles. The number of carbonyl (C=O) groups is 1. The number of carboxylic acid groups (broad SMARTS) is 1. The largest absolute Gasteiger partial charge is 0.480 e. The molecule has 0 amide bonds. The van der Waals surface area contributed by atoms with Crippen molar-refractivity contribution in [2.75, 3.05) is 5.75 Å². The van der Waals surface area contributed by atoms with Crippen LogP contribution in [0.4, 0.5) is 0 Å². The van der Waals surface area contributed by atoms with Crippen LogP contribution < -0.4 is 5.73 Å². The number of nitrogens with two attached hydrogens (primary N) is 1. The first-order chi connectivity index (χ1) is 5.65. The molecule has 0 bridgehead atoms. The highest BCUT2D eigenvalue weighted by atomic mass is 32.2. The first-order valence-electron chi connectivity index (χ1n) is 3.50. The maximum absolute atomic E-state index is 10.5. The van der Waals surface area contributed by atoms with Crippen LogP contribution in [0.3, 0.4) is 0 Å². The van der Waals surface area contributed by atoms with E-state index in [1.807, 2.05) is 0 Å². The van der Waals surface area contributed by atoms with Crippen molar-refractivity contribution >= 4 is 22.8 Å². The van der Waals surface area contributed by atoms with Crippen molar-refractivity contribution < 1.29 is 9.90 Å². The standard InChI is InChI=1S/C7H10N2O2S/c1-2-4(8)6-9-5(3-12-6)7(10)11/h2,5H,3,8H2,1H3,(H,10,11)/b4-2+. The molecule has 0 aromatic carbocycles. The molecule has 0 aliphatic carbocycles. The molecule has 66 valence electrons. The van der Waals surface area contributed by atoms with Gasteiger partial charge in [-0.1, -0.05) is 6.08 Å². The number of rotatable bonds is 2. The summed E-state index contributed by atoms with van der Waals surface area (Å²) < 4.78 is 0. The van der Waals surface area contributed by atoms with Gasteiger partial charge in [-0.3, -0.25) is 4.99 Å². The Morgan fingerprint density at radius 3 is 3.00 bits per heavy atom. The molecule has 3 N–H and O–H groups in total. The van der Waals surface area contributed by atoms with Gasteiger partial charge in [0.05, 0.1) is 5.70 Å². The second kappa shape index (κ2) is 3.62. The minimum Gasteiger partial charge on any atom is -0.480 e. The average Bonchev–Trinajstić information content (AvgIpc) is 2.51. The molecule has 12 heavy (non-hydrogen) atoms. The number of aliphatic carboxylic acids is 1. The number of thioether (sulfide) groups is 1. The van der Waals surface area contributed by atoms with Gasteiger partial charge in [-0.05, 0) is 6.92 Å². The third-order valence-electron chi connectivity index (χ3n) is 1.49. The van der Waals surface area contributed by atoms with Gasteiger partial charge in [-0.25, -0.2) is 4.79 Å². The third kappa shape index (κ3) is 1.79. The number of nitrogens with zero attached hydrogens (tertiary/aromatic N) is 1. The zero-order valence-corrected chi connectivity index (χ0v) is 7.47. The lowest BCUT2D eigenvalue weighted by Gasteiger charge is -1.95. The summed E-state index contributed by atoms with van der Waals surface area (Å²) >= 11 is 1.39. The molecule has 1 aliphatic rings. The van der Waals surface area contributed by atoms with Crippen molar-refractivity contribution in [2.24, 2.45) is 10.7 Å². The van der Waals surface area contributed by atoms with Gasteiger partial charge in [0.25, 0.3) is 0 Å². The first kappa shape index (κ1) is 9.12. The fourth-order valence-corrected chi connectivity index (χ4v) is 1.80. The molecule has 1 rings (SSSR count). The Labute approximate surface area is 74.5 Å². The molecule has 5 heteroatoms. The highest BCUT2D eigenvalue weighted by Crippen LogP contribution is 2.20. The Morgan fingerprint density at radius 1 is 1.92 bits per heavy atom. The summed E-state index contributed by atoms with van der Waals surface area (Å²) in [6.07, 6.45) is 1.72. The maximum Gasteiger partial charge on any atom is 0.329 e. The molecule has 0 aromatic heterocycles. The predicted molar refractivity (Wildman–Crippen MR) is 49.3 cm³/mol. The van der Waals surface area contributed by atoms with Crippen LogP contribution in [0.2, 0.25) is 0 Å². The molecule has 4 nitrogen and oxygen atoms in total. The summed E-state index contributed by atoms with van der Waals surface area (Å²) in [5, 5.41) is 9.25. The van der Waals surface area contributed by atoms with Crippen molar-refractivity contribution in [3.8, 4) is 0 Å². The van der Waals surface area contributed by atoms with Gasteiger partial charge in [0.1, 0.15) is 5.04 Å². The lowest BCUT2D eigenvalue weighted by molar-refractivity contribution is -0.137. The Kier molecular flexibility index (Phi) is 2.75. The highest BCUT2D eigenvalue weighted by Gasteiger charge is 2.24. The van der Waals surface area contributed by atoms with Gasteiger partial charge < -0.3 is 10.8 Å². The van der Waals surface area contributed by atoms with Crippen LogP contribution in [0.25, 0.3) is 0 Å². The topological polar surface area (TPSA) is 75.7 Å². The van der Waals surface area contributed by atoms with Crippen LogP contribution in [0.1, 0.15) is 6.92 Å². The van der Waals surface area contributed by atoms with E-state index in [0.717, 1.165) is 0 Å². The summed E-state index contributed by atoms with van der Waals surface area (Å²) in [7, 11) is 0. The fourth-order valence-electron chi connectivity index (χ4n) is 0.782. The molecule has 0 spiro atoms. The van der Waals surface area contributed by atoms with E-state index in [-0.39, 0.29) is 0 Å². The van der Waals surface area contributed by atoms with Crippen molar-refractivity contribution in [1.82, 2.24) is 0 Å². The molecule has 0 saturated heterocycles. The van der Waals surface area contributed by atoms with Crippen molar-refractivity contribution in [3.05, 3.63) is 11.8 Å². The van der Waals surface area contributed by atoms with Gasteiger partial charge in [-0.15, -0.1) is 11.8 Å².